The van der Waals surface area contributed by atoms with Gasteiger partial charge in [-0.05, 0) is 104 Å². The number of pyridine rings is 1. The van der Waals surface area contributed by atoms with Gasteiger partial charge < -0.3 is 9.30 Å². The van der Waals surface area contributed by atoms with Gasteiger partial charge in [0.1, 0.15) is 5.82 Å². The smallest absolute Gasteiger partial charge is 0.509 e. The summed E-state index contributed by atoms with van der Waals surface area (Å²) in [5, 5.41) is 7.49. The molecular formula is C46H48N4OPd. The maximum absolute atomic E-state index is 6.72. The molecule has 4 aromatic carbocycles. The third-order valence-electron chi connectivity index (χ3n) is 10.00. The van der Waals surface area contributed by atoms with Gasteiger partial charge in [-0.25, -0.2) is 4.98 Å². The van der Waals surface area contributed by atoms with Crippen LogP contribution in [0.25, 0.3) is 44.4 Å². The number of hydrogen-bond donors (Lipinski definition) is 0. The fraction of sp³-hybridized carbons (Fsp3) is 0.304. The van der Waals surface area contributed by atoms with Crippen LogP contribution < -0.4 is 4.74 Å². The second-order valence-corrected chi connectivity index (χ2v) is 15.0. The number of nitrogens with zero attached hydrogens (tertiary/aromatic N) is 4. The molecule has 0 N–H and O–H groups in total. The van der Waals surface area contributed by atoms with Crippen molar-refractivity contribution in [2.75, 3.05) is 0 Å². The molecule has 52 heavy (non-hydrogen) atoms. The number of rotatable bonds is 9. The SMILES string of the molecule is CCCCc1c(-c2c(C)cc(C)cc2C)c(C)nn1-c1[c-]c(Oc2[c-]c3c(cc2)c2ccccc2n3-c2cc(CC)ccn2)cc(C(C)(C)C)c1.[Pd+2]. The van der Waals surface area contributed by atoms with E-state index in [2.05, 4.69) is 150 Å². The average molecular weight is 779 g/mol. The standard InChI is InChI=1S/C46H48N4O.Pd/c1-10-12-16-41-45(44-30(4)22-29(3)23-31(44)5)32(6)48-50(41)35-25-34(46(7,8)9)26-37(27-35)51-36-18-19-39-38-15-13-14-17-40(38)49(42(39)28-36)43-24-33(11-2)20-21-47-43;/h13-15,17-26H,10-12,16H2,1-9H3;/q-2;+2. The number of benzene rings is 4. The first-order chi connectivity index (χ1) is 24.5. The van der Waals surface area contributed by atoms with Gasteiger partial charge in [-0.3, -0.25) is 4.68 Å². The van der Waals surface area contributed by atoms with E-state index in [1.165, 1.54) is 39.1 Å². The minimum Gasteiger partial charge on any atom is -0.509 e. The summed E-state index contributed by atoms with van der Waals surface area (Å²) in [4.78, 5) is 4.79. The van der Waals surface area contributed by atoms with Crippen molar-refractivity contribution in [2.45, 2.75) is 93.4 Å². The van der Waals surface area contributed by atoms with Gasteiger partial charge in [0, 0.05) is 34.5 Å². The second kappa shape index (κ2) is 14.9. The van der Waals surface area contributed by atoms with E-state index in [1.54, 1.807) is 0 Å². The van der Waals surface area contributed by atoms with E-state index in [9.17, 15) is 0 Å². The van der Waals surface area contributed by atoms with Crippen molar-refractivity contribution >= 4 is 21.8 Å². The maximum atomic E-state index is 6.72. The molecule has 3 heterocycles. The number of aromatic nitrogens is 4. The zero-order valence-electron chi connectivity index (χ0n) is 31.8. The van der Waals surface area contributed by atoms with Crippen molar-refractivity contribution in [3.63, 3.8) is 0 Å². The van der Waals surface area contributed by atoms with Crippen molar-refractivity contribution in [3.05, 3.63) is 130 Å². The molecule has 0 atom stereocenters. The van der Waals surface area contributed by atoms with E-state index >= 15 is 0 Å². The van der Waals surface area contributed by atoms with E-state index in [0.29, 0.717) is 11.5 Å². The molecule has 0 unspecified atom stereocenters. The molecule has 5 nitrogen and oxygen atoms in total. The Kier molecular flexibility index (Phi) is 10.6. The predicted molar refractivity (Wildman–Crippen MR) is 211 cm³/mol. The molecule has 0 saturated heterocycles. The van der Waals surface area contributed by atoms with Crippen LogP contribution in [0, 0.1) is 39.8 Å². The Morgan fingerprint density at radius 2 is 1.54 bits per heavy atom. The molecule has 0 aliphatic rings. The van der Waals surface area contributed by atoms with Crippen molar-refractivity contribution in [1.82, 2.24) is 19.3 Å². The number of fused-ring (bicyclic) bond motifs is 3. The molecule has 268 valence electrons. The summed E-state index contributed by atoms with van der Waals surface area (Å²) in [6, 6.07) is 33.0. The topological polar surface area (TPSA) is 44.9 Å². The van der Waals surface area contributed by atoms with Crippen LogP contribution in [-0.4, -0.2) is 19.3 Å². The molecule has 0 radical (unpaired) electrons. The van der Waals surface area contributed by atoms with Gasteiger partial charge in [-0.1, -0.05) is 82.5 Å². The van der Waals surface area contributed by atoms with Gasteiger partial charge in [0.25, 0.3) is 0 Å². The zero-order chi connectivity index (χ0) is 36.0. The Labute approximate surface area is 322 Å². The molecule has 0 aliphatic carbocycles. The first kappa shape index (κ1) is 37.3. The minimum atomic E-state index is -0.128. The normalized spacial score (nSPS) is 11.7. The van der Waals surface area contributed by atoms with E-state index in [-0.39, 0.29) is 25.8 Å². The maximum Gasteiger partial charge on any atom is 2.00 e. The summed E-state index contributed by atoms with van der Waals surface area (Å²) in [7, 11) is 0. The Bertz CT molecular complexity index is 2390. The van der Waals surface area contributed by atoms with Crippen LogP contribution in [0.1, 0.15) is 86.7 Å². The number of aryl methyl sites for hydroxylation is 5. The molecule has 7 rings (SSSR count). The molecule has 0 bridgehead atoms. The molecule has 0 saturated carbocycles. The van der Waals surface area contributed by atoms with Gasteiger partial charge in [-0.15, -0.1) is 41.3 Å². The first-order valence-corrected chi connectivity index (χ1v) is 18.3. The molecule has 0 aliphatic heterocycles. The summed E-state index contributed by atoms with van der Waals surface area (Å²) in [5.41, 5.74) is 13.8. The molecule has 7 aromatic rings. The van der Waals surface area contributed by atoms with Crippen LogP contribution in [0.3, 0.4) is 0 Å². The van der Waals surface area contributed by atoms with Gasteiger partial charge in [0.05, 0.1) is 5.69 Å². The van der Waals surface area contributed by atoms with Crippen molar-refractivity contribution < 1.29 is 25.2 Å². The Morgan fingerprint density at radius 1 is 0.788 bits per heavy atom. The quantitative estimate of drug-likeness (QED) is 0.108. The summed E-state index contributed by atoms with van der Waals surface area (Å²) >= 11 is 0. The Balaban J connectivity index is 0.00000464. The van der Waals surface area contributed by atoms with E-state index in [1.807, 2.05) is 12.3 Å². The van der Waals surface area contributed by atoms with Crippen LogP contribution in [0.15, 0.2) is 79.0 Å². The van der Waals surface area contributed by atoms with Crippen LogP contribution >= 0.6 is 0 Å². The fourth-order valence-electron chi connectivity index (χ4n) is 7.47. The van der Waals surface area contributed by atoms with Gasteiger partial charge in [0.2, 0.25) is 0 Å². The Morgan fingerprint density at radius 3 is 2.25 bits per heavy atom. The average Bonchev–Trinajstić information content (AvgIpc) is 3.60. The van der Waals surface area contributed by atoms with Crippen LogP contribution in [0.2, 0.25) is 0 Å². The first-order valence-electron chi connectivity index (χ1n) is 18.3. The van der Waals surface area contributed by atoms with Gasteiger partial charge in [-0.2, -0.15) is 11.2 Å². The summed E-state index contributed by atoms with van der Waals surface area (Å²) in [5.74, 6) is 2.14. The van der Waals surface area contributed by atoms with E-state index < -0.39 is 0 Å². The zero-order valence-corrected chi connectivity index (χ0v) is 33.4. The summed E-state index contributed by atoms with van der Waals surface area (Å²) < 4.78 is 11.0. The van der Waals surface area contributed by atoms with Crippen molar-refractivity contribution in [1.29, 1.82) is 0 Å². The van der Waals surface area contributed by atoms with Crippen LogP contribution in [-0.2, 0) is 38.7 Å². The number of para-hydroxylation sites is 1. The van der Waals surface area contributed by atoms with Crippen molar-refractivity contribution in [2.24, 2.45) is 0 Å². The van der Waals surface area contributed by atoms with E-state index in [0.717, 1.165) is 70.3 Å². The van der Waals surface area contributed by atoms with Crippen molar-refractivity contribution in [3.8, 4) is 34.1 Å². The summed E-state index contributed by atoms with van der Waals surface area (Å²) in [6.07, 6.45) is 5.93. The molecule has 6 heteroatoms. The fourth-order valence-corrected chi connectivity index (χ4v) is 7.47. The number of ether oxygens (including phenoxy) is 1. The molecule has 0 spiro atoms. The number of hydrogen-bond acceptors (Lipinski definition) is 3. The molecular weight excluding hydrogens is 731 g/mol. The Hall–Kier alpha value is -4.50. The summed E-state index contributed by atoms with van der Waals surface area (Å²) in [6.45, 7) is 19.9. The van der Waals surface area contributed by atoms with Gasteiger partial charge in [0.15, 0.2) is 0 Å². The van der Waals surface area contributed by atoms with Crippen LogP contribution in [0.4, 0.5) is 0 Å². The van der Waals surface area contributed by atoms with Crippen LogP contribution in [0.5, 0.6) is 11.5 Å². The molecule has 0 fully saturated rings. The minimum absolute atomic E-state index is 0. The largest absolute Gasteiger partial charge is 2.00 e. The number of unbranched alkanes of at least 4 members (excludes halogenated alkanes) is 1. The predicted octanol–water partition coefficient (Wildman–Crippen LogP) is 11.9. The third kappa shape index (κ3) is 7.00. The third-order valence-corrected chi connectivity index (χ3v) is 10.00. The second-order valence-electron chi connectivity index (χ2n) is 15.0. The monoisotopic (exact) mass is 778 g/mol. The molecule has 3 aromatic heterocycles. The van der Waals surface area contributed by atoms with Gasteiger partial charge >= 0.3 is 20.4 Å². The van der Waals surface area contributed by atoms with E-state index in [4.69, 9.17) is 14.8 Å². The molecule has 0 amide bonds.